The van der Waals surface area contributed by atoms with Gasteiger partial charge >= 0.3 is 0 Å². The smallest absolute Gasteiger partial charge is 0.0240 e. The van der Waals surface area contributed by atoms with E-state index in [-0.39, 0.29) is 0 Å². The van der Waals surface area contributed by atoms with E-state index < -0.39 is 0 Å². The van der Waals surface area contributed by atoms with Crippen molar-refractivity contribution >= 4 is 10.8 Å². The number of hydrogen-bond acceptors (Lipinski definition) is 2. The Balaban J connectivity index is 1.59. The average Bonchev–Trinajstić information content (AvgIpc) is 3.01. The van der Waals surface area contributed by atoms with Gasteiger partial charge in [-0.15, -0.1) is 0 Å². The lowest BCUT2D eigenvalue weighted by atomic mass is 10.1. The van der Waals surface area contributed by atoms with E-state index in [1.54, 1.807) is 0 Å². The van der Waals surface area contributed by atoms with Gasteiger partial charge in [-0.05, 0) is 28.8 Å². The van der Waals surface area contributed by atoms with Crippen molar-refractivity contribution in [2.24, 2.45) is 0 Å². The van der Waals surface area contributed by atoms with Gasteiger partial charge in [0.25, 0.3) is 0 Å². The molecule has 2 aliphatic rings. The van der Waals surface area contributed by atoms with Crippen LogP contribution in [0.1, 0.15) is 12.0 Å². The predicted octanol–water partition coefficient (Wildman–Crippen LogP) is 2.39. The molecular weight excluding hydrogens is 220 g/mol. The minimum absolute atomic E-state index is 0.746. The topological polar surface area (TPSA) is 15.3 Å². The van der Waals surface area contributed by atoms with Gasteiger partial charge in [0, 0.05) is 31.7 Å². The van der Waals surface area contributed by atoms with Gasteiger partial charge in [0.1, 0.15) is 0 Å². The van der Waals surface area contributed by atoms with E-state index in [1.807, 2.05) is 0 Å². The summed E-state index contributed by atoms with van der Waals surface area (Å²) in [5, 5.41) is 6.26. The van der Waals surface area contributed by atoms with Crippen LogP contribution in [0.15, 0.2) is 42.5 Å². The van der Waals surface area contributed by atoms with Crippen molar-refractivity contribution in [3.05, 3.63) is 48.0 Å². The summed E-state index contributed by atoms with van der Waals surface area (Å²) in [6, 6.07) is 17.0. The minimum Gasteiger partial charge on any atom is -0.311 e. The molecule has 0 aromatic heterocycles. The van der Waals surface area contributed by atoms with Gasteiger partial charge in [-0.1, -0.05) is 36.4 Å². The Morgan fingerprint density at radius 3 is 2.78 bits per heavy atom. The Morgan fingerprint density at radius 1 is 1.11 bits per heavy atom. The highest BCUT2D eigenvalue weighted by atomic mass is 15.3. The second-order valence-electron chi connectivity index (χ2n) is 5.61. The first-order valence-corrected chi connectivity index (χ1v) is 6.83. The van der Waals surface area contributed by atoms with Gasteiger partial charge in [-0.25, -0.2) is 0 Å². The lowest BCUT2D eigenvalue weighted by Crippen LogP contribution is -2.42. The van der Waals surface area contributed by atoms with E-state index in [9.17, 15) is 0 Å². The zero-order valence-corrected chi connectivity index (χ0v) is 10.5. The van der Waals surface area contributed by atoms with Crippen molar-refractivity contribution in [2.45, 2.75) is 25.0 Å². The number of nitrogens with one attached hydrogen (secondary N) is 1. The molecule has 92 valence electrons. The Kier molecular flexibility index (Phi) is 2.39. The molecule has 2 aromatic carbocycles. The van der Waals surface area contributed by atoms with Crippen molar-refractivity contribution in [2.75, 3.05) is 13.1 Å². The molecule has 2 bridgehead atoms. The molecule has 2 aromatic rings. The second kappa shape index (κ2) is 4.08. The quantitative estimate of drug-likeness (QED) is 0.864. The van der Waals surface area contributed by atoms with Crippen molar-refractivity contribution in [1.82, 2.24) is 10.2 Å². The first kappa shape index (κ1) is 10.5. The van der Waals surface area contributed by atoms with Crippen molar-refractivity contribution in [1.29, 1.82) is 0 Å². The highest BCUT2D eigenvalue weighted by Crippen LogP contribution is 2.26. The number of likely N-dealkylation sites (tertiary alicyclic amines) is 1. The van der Waals surface area contributed by atoms with Crippen LogP contribution in [-0.2, 0) is 6.54 Å². The van der Waals surface area contributed by atoms with Gasteiger partial charge in [0.2, 0.25) is 0 Å². The zero-order chi connectivity index (χ0) is 11.9. The summed E-state index contributed by atoms with van der Waals surface area (Å²) in [4.78, 5) is 2.63. The standard InChI is InChI=1S/C16H18N2/c1-2-4-14-7-12(5-6-13(14)3-1)10-18-11-15-8-16(18)9-17-15/h1-7,15-17H,8-11H2. The lowest BCUT2D eigenvalue weighted by Gasteiger charge is -2.27. The van der Waals surface area contributed by atoms with Crippen LogP contribution in [0.25, 0.3) is 10.8 Å². The van der Waals surface area contributed by atoms with Gasteiger partial charge in [0.05, 0.1) is 0 Å². The zero-order valence-electron chi connectivity index (χ0n) is 10.5. The Labute approximate surface area is 108 Å². The summed E-state index contributed by atoms with van der Waals surface area (Å²) >= 11 is 0. The average molecular weight is 238 g/mol. The first-order valence-electron chi connectivity index (χ1n) is 6.83. The fourth-order valence-corrected chi connectivity index (χ4v) is 3.41. The number of piperazine rings is 1. The molecule has 2 unspecified atom stereocenters. The fraction of sp³-hybridized carbons (Fsp3) is 0.375. The SMILES string of the molecule is c1ccc2cc(CN3CC4CC3CN4)ccc2c1. The molecule has 18 heavy (non-hydrogen) atoms. The maximum atomic E-state index is 3.56. The van der Waals surface area contributed by atoms with Crippen molar-refractivity contribution in [3.63, 3.8) is 0 Å². The molecule has 0 spiro atoms. The van der Waals surface area contributed by atoms with Crippen LogP contribution in [0.2, 0.25) is 0 Å². The molecule has 2 saturated heterocycles. The third-order valence-corrected chi connectivity index (χ3v) is 4.37. The normalized spacial score (nSPS) is 27.1. The first-order chi connectivity index (χ1) is 8.88. The highest BCUT2D eigenvalue weighted by Gasteiger charge is 2.37. The molecule has 0 aliphatic carbocycles. The number of rotatable bonds is 2. The number of benzene rings is 2. The molecule has 2 atom stereocenters. The van der Waals surface area contributed by atoms with Crippen LogP contribution in [0.3, 0.4) is 0 Å². The van der Waals surface area contributed by atoms with Crippen LogP contribution in [0.4, 0.5) is 0 Å². The molecule has 2 aliphatic heterocycles. The molecule has 0 amide bonds. The Hall–Kier alpha value is -1.38. The number of fused-ring (bicyclic) bond motifs is 3. The maximum Gasteiger partial charge on any atom is 0.0240 e. The maximum absolute atomic E-state index is 3.56. The summed E-state index contributed by atoms with van der Waals surface area (Å²) in [5.41, 5.74) is 1.45. The van der Waals surface area contributed by atoms with E-state index in [4.69, 9.17) is 0 Å². The summed E-state index contributed by atoms with van der Waals surface area (Å²) in [6.07, 6.45) is 1.34. The fourth-order valence-electron chi connectivity index (χ4n) is 3.41. The van der Waals surface area contributed by atoms with Gasteiger partial charge < -0.3 is 5.32 Å². The lowest BCUT2D eigenvalue weighted by molar-refractivity contribution is 0.218. The summed E-state index contributed by atoms with van der Waals surface area (Å²) in [5.74, 6) is 0. The molecule has 2 fully saturated rings. The van der Waals surface area contributed by atoms with Crippen LogP contribution in [-0.4, -0.2) is 30.1 Å². The number of nitrogens with zero attached hydrogens (tertiary/aromatic N) is 1. The van der Waals surface area contributed by atoms with Gasteiger partial charge in [-0.2, -0.15) is 0 Å². The monoisotopic (exact) mass is 238 g/mol. The molecule has 2 heterocycles. The second-order valence-corrected chi connectivity index (χ2v) is 5.61. The molecule has 0 saturated carbocycles. The van der Waals surface area contributed by atoms with Crippen molar-refractivity contribution < 1.29 is 0 Å². The largest absolute Gasteiger partial charge is 0.311 e. The third-order valence-electron chi connectivity index (χ3n) is 4.37. The molecule has 2 nitrogen and oxygen atoms in total. The molecule has 2 heteroatoms. The van der Waals surface area contributed by atoms with E-state index in [1.165, 1.54) is 35.8 Å². The van der Waals surface area contributed by atoms with E-state index in [0.717, 1.165) is 18.6 Å². The van der Waals surface area contributed by atoms with Gasteiger partial charge in [-0.3, -0.25) is 4.90 Å². The van der Waals surface area contributed by atoms with Crippen LogP contribution in [0.5, 0.6) is 0 Å². The van der Waals surface area contributed by atoms with E-state index >= 15 is 0 Å². The van der Waals surface area contributed by atoms with Gasteiger partial charge in [0.15, 0.2) is 0 Å². The Morgan fingerprint density at radius 2 is 2.00 bits per heavy atom. The predicted molar refractivity (Wildman–Crippen MR) is 74.6 cm³/mol. The minimum atomic E-state index is 0.746. The summed E-state index contributed by atoms with van der Waals surface area (Å²) in [7, 11) is 0. The molecule has 0 radical (unpaired) electrons. The van der Waals surface area contributed by atoms with Crippen LogP contribution >= 0.6 is 0 Å². The number of hydrogen-bond donors (Lipinski definition) is 1. The molecule has 4 rings (SSSR count). The van der Waals surface area contributed by atoms with Crippen LogP contribution in [0, 0.1) is 0 Å². The summed E-state index contributed by atoms with van der Waals surface area (Å²) in [6.45, 7) is 3.50. The molecular formula is C16H18N2. The van der Waals surface area contributed by atoms with Crippen molar-refractivity contribution in [3.8, 4) is 0 Å². The van der Waals surface area contributed by atoms with E-state index in [2.05, 4.69) is 52.7 Å². The van der Waals surface area contributed by atoms with E-state index in [0.29, 0.717) is 0 Å². The highest BCUT2D eigenvalue weighted by molar-refractivity contribution is 5.82. The van der Waals surface area contributed by atoms with Crippen LogP contribution < -0.4 is 5.32 Å². The Bertz CT molecular complexity index is 578. The summed E-state index contributed by atoms with van der Waals surface area (Å²) < 4.78 is 0. The molecule has 1 N–H and O–H groups in total. The third kappa shape index (κ3) is 1.73.